The fourth-order valence-corrected chi connectivity index (χ4v) is 6.11. The van der Waals surface area contributed by atoms with E-state index in [0.29, 0.717) is 0 Å². The van der Waals surface area contributed by atoms with Gasteiger partial charge in [-0.3, -0.25) is 0 Å². The van der Waals surface area contributed by atoms with Gasteiger partial charge in [-0.1, -0.05) is 11.6 Å². The van der Waals surface area contributed by atoms with Gasteiger partial charge in [0.2, 0.25) is 10.0 Å². The van der Waals surface area contributed by atoms with Crippen molar-refractivity contribution in [3.63, 3.8) is 0 Å². The van der Waals surface area contributed by atoms with E-state index in [1.54, 1.807) is 23.5 Å². The minimum absolute atomic E-state index is 0.0726. The molecule has 0 spiro atoms. The molecule has 1 aromatic carbocycles. The van der Waals surface area contributed by atoms with Crippen molar-refractivity contribution in [3.05, 3.63) is 28.5 Å². The predicted octanol–water partition coefficient (Wildman–Crippen LogP) is 2.10. The predicted molar refractivity (Wildman–Crippen MR) is 86.1 cm³/mol. The Labute approximate surface area is 136 Å². The summed E-state index contributed by atoms with van der Waals surface area (Å²) in [6.45, 7) is -0.357. The highest BCUT2D eigenvalue weighted by Crippen LogP contribution is 2.26. The second-order valence-corrected chi connectivity index (χ2v) is 9.18. The molecule has 2 rings (SSSR count). The second kappa shape index (κ2) is 7.52. The summed E-state index contributed by atoms with van der Waals surface area (Å²) in [6, 6.07) is 2.27. The maximum atomic E-state index is 14.1. The zero-order valence-corrected chi connectivity index (χ0v) is 14.2. The van der Waals surface area contributed by atoms with Crippen LogP contribution in [0.25, 0.3) is 0 Å². The summed E-state index contributed by atoms with van der Waals surface area (Å²) in [6.07, 6.45) is 0. The van der Waals surface area contributed by atoms with Crippen LogP contribution in [0.3, 0.4) is 0 Å². The molecule has 2 N–H and O–H groups in total. The third-order valence-electron chi connectivity index (χ3n) is 2.93. The van der Waals surface area contributed by atoms with Crippen LogP contribution >= 0.6 is 35.1 Å². The standard InChI is InChI=1S/C12H15ClFNO3S3/c13-9-3-8(6-16)12(14)11(4-9)21(17,18)15-5-10-7-19-1-2-20-10/h3-4,10,15-16H,1-2,5-7H2. The van der Waals surface area contributed by atoms with Gasteiger partial charge in [-0.15, -0.1) is 0 Å². The third kappa shape index (κ3) is 4.49. The summed E-state index contributed by atoms with van der Waals surface area (Å²) in [4.78, 5) is -0.521. The van der Waals surface area contributed by atoms with Crippen molar-refractivity contribution >= 4 is 45.1 Å². The first-order valence-electron chi connectivity index (χ1n) is 6.22. The number of nitrogens with one attached hydrogen (secondary N) is 1. The fraction of sp³-hybridized carbons (Fsp3) is 0.500. The highest BCUT2D eigenvalue weighted by molar-refractivity contribution is 8.06. The van der Waals surface area contributed by atoms with Gasteiger partial charge < -0.3 is 5.11 Å². The molecule has 0 saturated carbocycles. The zero-order valence-electron chi connectivity index (χ0n) is 11.0. The first-order chi connectivity index (χ1) is 9.94. The molecule has 1 aliphatic rings. The van der Waals surface area contributed by atoms with Gasteiger partial charge in [0.1, 0.15) is 10.7 Å². The summed E-state index contributed by atoms with van der Waals surface area (Å²) in [5.41, 5.74) is -0.134. The molecule has 0 aliphatic carbocycles. The second-order valence-electron chi connectivity index (χ2n) is 4.45. The average molecular weight is 372 g/mol. The van der Waals surface area contributed by atoms with E-state index in [2.05, 4.69) is 4.72 Å². The van der Waals surface area contributed by atoms with Crippen molar-refractivity contribution < 1.29 is 17.9 Å². The van der Waals surface area contributed by atoms with Crippen molar-refractivity contribution in [2.45, 2.75) is 16.8 Å². The van der Waals surface area contributed by atoms with E-state index in [1.807, 2.05) is 0 Å². The Morgan fingerprint density at radius 1 is 1.43 bits per heavy atom. The number of hydrogen-bond donors (Lipinski definition) is 2. The molecule has 4 nitrogen and oxygen atoms in total. The maximum Gasteiger partial charge on any atom is 0.243 e. The van der Waals surface area contributed by atoms with Gasteiger partial charge >= 0.3 is 0 Å². The van der Waals surface area contributed by atoms with Crippen LogP contribution in [-0.4, -0.2) is 42.6 Å². The van der Waals surface area contributed by atoms with Crippen LogP contribution in [0.5, 0.6) is 0 Å². The molecule has 9 heteroatoms. The van der Waals surface area contributed by atoms with E-state index in [9.17, 15) is 12.8 Å². The van der Waals surface area contributed by atoms with Gasteiger partial charge in [-0.2, -0.15) is 23.5 Å². The summed E-state index contributed by atoms with van der Waals surface area (Å²) in [5, 5.41) is 9.30. The lowest BCUT2D eigenvalue weighted by Crippen LogP contribution is -2.34. The Morgan fingerprint density at radius 3 is 2.81 bits per heavy atom. The Morgan fingerprint density at radius 2 is 2.19 bits per heavy atom. The van der Waals surface area contributed by atoms with Gasteiger partial charge in [0.25, 0.3) is 0 Å². The number of thioether (sulfide) groups is 2. The molecule has 21 heavy (non-hydrogen) atoms. The van der Waals surface area contributed by atoms with E-state index < -0.39 is 27.3 Å². The smallest absolute Gasteiger partial charge is 0.243 e. The number of hydrogen-bond acceptors (Lipinski definition) is 5. The Hall–Kier alpha value is 0.01000. The molecule has 1 aromatic rings. The van der Waals surface area contributed by atoms with Crippen LogP contribution in [0.15, 0.2) is 17.0 Å². The first kappa shape index (κ1) is 17.4. The largest absolute Gasteiger partial charge is 0.392 e. The van der Waals surface area contributed by atoms with Crippen LogP contribution in [0, 0.1) is 5.82 Å². The molecule has 0 radical (unpaired) electrons. The lowest BCUT2D eigenvalue weighted by atomic mass is 10.2. The number of aliphatic hydroxyl groups is 1. The quantitative estimate of drug-likeness (QED) is 0.829. The van der Waals surface area contributed by atoms with Crippen molar-refractivity contribution in [1.29, 1.82) is 0 Å². The van der Waals surface area contributed by atoms with Crippen LogP contribution in [0.2, 0.25) is 5.02 Å². The number of aliphatic hydroxyl groups excluding tert-OH is 1. The maximum absolute atomic E-state index is 14.1. The molecule has 0 aromatic heterocycles. The zero-order chi connectivity index (χ0) is 15.5. The lowest BCUT2D eigenvalue weighted by Gasteiger charge is -2.21. The number of rotatable bonds is 5. The molecule has 1 atom stereocenters. The summed E-state index contributed by atoms with van der Waals surface area (Å²) < 4.78 is 40.9. The third-order valence-corrected chi connectivity index (χ3v) is 7.41. The molecular formula is C12H15ClFNO3S3. The van der Waals surface area contributed by atoms with Crippen molar-refractivity contribution in [1.82, 2.24) is 4.72 Å². The first-order valence-corrected chi connectivity index (χ1v) is 10.3. The van der Waals surface area contributed by atoms with E-state index in [0.717, 1.165) is 23.3 Å². The van der Waals surface area contributed by atoms with E-state index >= 15 is 0 Å². The summed E-state index contributed by atoms with van der Waals surface area (Å²) >= 11 is 9.26. The SMILES string of the molecule is O=S(=O)(NCC1CSCCS1)c1cc(Cl)cc(CO)c1F. The van der Waals surface area contributed by atoms with Crippen molar-refractivity contribution in [3.8, 4) is 0 Å². The molecular weight excluding hydrogens is 357 g/mol. The molecule has 1 fully saturated rings. The molecule has 0 amide bonds. The number of sulfonamides is 1. The Bertz CT molecular complexity index is 606. The minimum atomic E-state index is -3.99. The van der Waals surface area contributed by atoms with Crippen LogP contribution < -0.4 is 4.72 Å². The van der Waals surface area contributed by atoms with E-state index in [1.165, 1.54) is 6.07 Å². The molecule has 1 heterocycles. The van der Waals surface area contributed by atoms with Crippen LogP contribution in [0.4, 0.5) is 4.39 Å². The lowest BCUT2D eigenvalue weighted by molar-refractivity contribution is 0.274. The van der Waals surface area contributed by atoms with Gasteiger partial charge in [-0.25, -0.2) is 17.5 Å². The normalized spacial score (nSPS) is 19.7. The number of halogens is 2. The van der Waals surface area contributed by atoms with Crippen molar-refractivity contribution in [2.75, 3.05) is 23.8 Å². The van der Waals surface area contributed by atoms with Gasteiger partial charge in [-0.05, 0) is 12.1 Å². The topological polar surface area (TPSA) is 66.4 Å². The average Bonchev–Trinajstić information content (AvgIpc) is 2.48. The fourth-order valence-electron chi connectivity index (χ4n) is 1.86. The van der Waals surface area contributed by atoms with Crippen LogP contribution in [-0.2, 0) is 16.6 Å². The van der Waals surface area contributed by atoms with E-state index in [4.69, 9.17) is 16.7 Å². The molecule has 118 valence electrons. The van der Waals surface area contributed by atoms with Gasteiger partial charge in [0.15, 0.2) is 0 Å². The minimum Gasteiger partial charge on any atom is -0.392 e. The summed E-state index contributed by atoms with van der Waals surface area (Å²) in [7, 11) is -3.99. The molecule has 1 aliphatic heterocycles. The van der Waals surface area contributed by atoms with Gasteiger partial charge in [0.05, 0.1) is 6.61 Å². The monoisotopic (exact) mass is 371 g/mol. The van der Waals surface area contributed by atoms with Crippen molar-refractivity contribution in [2.24, 2.45) is 0 Å². The summed E-state index contributed by atoms with van der Waals surface area (Å²) in [5.74, 6) is 1.96. The molecule has 0 bridgehead atoms. The van der Waals surface area contributed by atoms with Gasteiger partial charge in [0, 0.05) is 39.6 Å². The van der Waals surface area contributed by atoms with Crippen LogP contribution in [0.1, 0.15) is 5.56 Å². The highest BCUT2D eigenvalue weighted by Gasteiger charge is 2.24. The molecule has 1 unspecified atom stereocenters. The Kier molecular flexibility index (Phi) is 6.22. The van der Waals surface area contributed by atoms with E-state index in [-0.39, 0.29) is 22.4 Å². The highest BCUT2D eigenvalue weighted by atomic mass is 35.5. The number of benzene rings is 1. The Balaban J connectivity index is 2.17. The molecule has 1 saturated heterocycles.